The summed E-state index contributed by atoms with van der Waals surface area (Å²) < 4.78 is 10.9. The van der Waals surface area contributed by atoms with Crippen molar-refractivity contribution in [1.29, 1.82) is 0 Å². The molecule has 1 saturated heterocycles. The van der Waals surface area contributed by atoms with Gasteiger partial charge in [-0.25, -0.2) is 4.79 Å². The molecule has 0 spiro atoms. The lowest BCUT2D eigenvalue weighted by molar-refractivity contribution is -0.0705. The number of morpholine rings is 1. The van der Waals surface area contributed by atoms with E-state index in [1.165, 1.54) is 25.7 Å². The predicted octanol–water partition coefficient (Wildman–Crippen LogP) is 2.56. The molecule has 1 N–H and O–H groups in total. The smallest absolute Gasteiger partial charge is 0.410 e. The van der Waals surface area contributed by atoms with Gasteiger partial charge in [0.05, 0.1) is 25.4 Å². The van der Waals surface area contributed by atoms with Gasteiger partial charge in [0.25, 0.3) is 0 Å². The first-order chi connectivity index (χ1) is 9.87. The Balaban J connectivity index is 1.95. The minimum atomic E-state index is -0.527. The van der Waals surface area contributed by atoms with Crippen molar-refractivity contribution in [3.05, 3.63) is 0 Å². The van der Waals surface area contributed by atoms with Crippen LogP contribution in [-0.2, 0) is 9.47 Å². The first-order valence-corrected chi connectivity index (χ1v) is 8.12. The minimum absolute atomic E-state index is 0.283. The quantitative estimate of drug-likeness (QED) is 0.870. The number of hydrogen-bond acceptors (Lipinski definition) is 4. The van der Waals surface area contributed by atoms with Gasteiger partial charge in [0.1, 0.15) is 5.60 Å². The minimum Gasteiger partial charge on any atom is -0.444 e. The molecule has 1 saturated carbocycles. The van der Waals surface area contributed by atoms with E-state index in [1.54, 1.807) is 4.90 Å². The molecule has 1 amide bonds. The highest BCUT2D eigenvalue weighted by Crippen LogP contribution is 2.30. The Hall–Kier alpha value is -0.810. The zero-order valence-corrected chi connectivity index (χ0v) is 13.5. The topological polar surface area (TPSA) is 59.0 Å². The van der Waals surface area contributed by atoms with Gasteiger partial charge in [0.2, 0.25) is 0 Å². The summed E-state index contributed by atoms with van der Waals surface area (Å²) in [4.78, 5) is 14.0. The van der Waals surface area contributed by atoms with Crippen LogP contribution in [0.25, 0.3) is 0 Å². The molecular formula is C16H29NO4. The molecule has 0 aromatic rings. The first kappa shape index (κ1) is 16.6. The fourth-order valence-electron chi connectivity index (χ4n) is 3.23. The first-order valence-electron chi connectivity index (χ1n) is 8.12. The van der Waals surface area contributed by atoms with E-state index in [2.05, 4.69) is 0 Å². The van der Waals surface area contributed by atoms with Crippen molar-refractivity contribution in [2.75, 3.05) is 19.8 Å². The van der Waals surface area contributed by atoms with Crippen LogP contribution < -0.4 is 0 Å². The van der Waals surface area contributed by atoms with E-state index in [4.69, 9.17) is 9.47 Å². The molecule has 0 radical (unpaired) electrons. The SMILES string of the molecule is CC(C)(C)OC(=O)N1CCOCC1C(O)CC1CCCC1. The van der Waals surface area contributed by atoms with Gasteiger partial charge >= 0.3 is 6.09 Å². The molecule has 21 heavy (non-hydrogen) atoms. The lowest BCUT2D eigenvalue weighted by Crippen LogP contribution is -2.55. The van der Waals surface area contributed by atoms with E-state index in [1.807, 2.05) is 20.8 Å². The number of amides is 1. The van der Waals surface area contributed by atoms with Crippen molar-refractivity contribution in [1.82, 2.24) is 4.90 Å². The maximum absolute atomic E-state index is 12.3. The summed E-state index contributed by atoms with van der Waals surface area (Å²) in [5.41, 5.74) is -0.518. The molecule has 0 aromatic heterocycles. The number of carbonyl (C=O) groups excluding carboxylic acids is 1. The van der Waals surface area contributed by atoms with Gasteiger partial charge in [0, 0.05) is 6.54 Å². The second kappa shape index (κ2) is 6.97. The molecule has 2 rings (SSSR count). The highest BCUT2D eigenvalue weighted by molar-refractivity contribution is 5.68. The summed E-state index contributed by atoms with van der Waals surface area (Å²) in [6, 6.07) is -0.283. The lowest BCUT2D eigenvalue weighted by Gasteiger charge is -2.39. The summed E-state index contributed by atoms with van der Waals surface area (Å²) in [6.07, 6.45) is 4.78. The van der Waals surface area contributed by atoms with Gasteiger partial charge in [-0.15, -0.1) is 0 Å². The fourth-order valence-corrected chi connectivity index (χ4v) is 3.23. The fraction of sp³-hybridized carbons (Fsp3) is 0.938. The second-order valence-electron chi connectivity index (χ2n) is 7.27. The molecule has 1 heterocycles. The van der Waals surface area contributed by atoms with E-state index in [9.17, 15) is 9.90 Å². The molecule has 0 aromatic carbocycles. The second-order valence-corrected chi connectivity index (χ2v) is 7.27. The van der Waals surface area contributed by atoms with Gasteiger partial charge in [-0.3, -0.25) is 4.90 Å². The van der Waals surface area contributed by atoms with E-state index >= 15 is 0 Å². The molecule has 1 aliphatic carbocycles. The maximum atomic E-state index is 12.3. The average molecular weight is 299 g/mol. The van der Waals surface area contributed by atoms with Gasteiger partial charge < -0.3 is 14.6 Å². The van der Waals surface area contributed by atoms with Crippen molar-refractivity contribution in [3.8, 4) is 0 Å². The van der Waals surface area contributed by atoms with Crippen LogP contribution in [0.5, 0.6) is 0 Å². The van der Waals surface area contributed by atoms with Crippen LogP contribution in [0.2, 0.25) is 0 Å². The van der Waals surface area contributed by atoms with Crippen molar-refractivity contribution < 1.29 is 19.4 Å². The Bertz CT molecular complexity index is 347. The Morgan fingerprint density at radius 2 is 2.05 bits per heavy atom. The largest absolute Gasteiger partial charge is 0.444 e. The van der Waals surface area contributed by atoms with Crippen molar-refractivity contribution in [2.45, 2.75) is 70.6 Å². The number of carbonyl (C=O) groups is 1. The third kappa shape index (κ3) is 4.85. The monoisotopic (exact) mass is 299 g/mol. The number of ether oxygens (including phenoxy) is 2. The van der Waals surface area contributed by atoms with Gasteiger partial charge in [-0.05, 0) is 33.1 Å². The Morgan fingerprint density at radius 3 is 2.67 bits per heavy atom. The molecule has 5 heteroatoms. The van der Waals surface area contributed by atoms with E-state index < -0.39 is 11.7 Å². The Kier molecular flexibility index (Phi) is 5.49. The van der Waals surface area contributed by atoms with E-state index in [-0.39, 0.29) is 12.1 Å². The molecule has 2 fully saturated rings. The molecule has 0 bridgehead atoms. The summed E-state index contributed by atoms with van der Waals surface area (Å²) in [7, 11) is 0. The Morgan fingerprint density at radius 1 is 1.38 bits per heavy atom. The Labute approximate surface area is 127 Å². The van der Waals surface area contributed by atoms with Crippen LogP contribution in [-0.4, -0.2) is 53.6 Å². The molecular weight excluding hydrogens is 270 g/mol. The van der Waals surface area contributed by atoms with Crippen LogP contribution in [0.4, 0.5) is 4.79 Å². The zero-order chi connectivity index (χ0) is 15.5. The highest BCUT2D eigenvalue weighted by atomic mass is 16.6. The third-order valence-electron chi connectivity index (χ3n) is 4.29. The van der Waals surface area contributed by atoms with E-state index in [0.29, 0.717) is 25.7 Å². The summed E-state index contributed by atoms with van der Waals surface area (Å²) in [6.45, 7) is 6.96. The van der Waals surface area contributed by atoms with Crippen molar-refractivity contribution in [2.24, 2.45) is 5.92 Å². The molecule has 1 aliphatic heterocycles. The van der Waals surface area contributed by atoms with Gasteiger partial charge in [0.15, 0.2) is 0 Å². The number of hydrogen-bond donors (Lipinski definition) is 1. The van der Waals surface area contributed by atoms with Gasteiger partial charge in [-0.1, -0.05) is 25.7 Å². The molecule has 2 unspecified atom stereocenters. The molecule has 5 nitrogen and oxygen atoms in total. The zero-order valence-electron chi connectivity index (χ0n) is 13.5. The highest BCUT2D eigenvalue weighted by Gasteiger charge is 2.36. The molecule has 2 aliphatic rings. The number of aliphatic hydroxyl groups is 1. The summed E-state index contributed by atoms with van der Waals surface area (Å²) in [5.74, 6) is 0.586. The summed E-state index contributed by atoms with van der Waals surface area (Å²) >= 11 is 0. The predicted molar refractivity (Wildman–Crippen MR) is 80.1 cm³/mol. The lowest BCUT2D eigenvalue weighted by atomic mass is 9.95. The standard InChI is InChI=1S/C16H29NO4/c1-16(2,3)21-15(19)17-8-9-20-11-13(17)14(18)10-12-6-4-5-7-12/h12-14,18H,4-11H2,1-3H3. The van der Waals surface area contributed by atoms with Crippen LogP contribution in [0.3, 0.4) is 0 Å². The number of rotatable bonds is 3. The number of aliphatic hydroxyl groups excluding tert-OH is 1. The third-order valence-corrected chi connectivity index (χ3v) is 4.29. The normalized spacial score (nSPS) is 25.9. The van der Waals surface area contributed by atoms with Crippen molar-refractivity contribution >= 4 is 6.09 Å². The van der Waals surface area contributed by atoms with Crippen LogP contribution in [0.15, 0.2) is 0 Å². The molecule has 122 valence electrons. The number of nitrogens with zero attached hydrogens (tertiary/aromatic N) is 1. The maximum Gasteiger partial charge on any atom is 0.410 e. The van der Waals surface area contributed by atoms with Crippen LogP contribution in [0.1, 0.15) is 52.9 Å². The van der Waals surface area contributed by atoms with Crippen molar-refractivity contribution in [3.63, 3.8) is 0 Å². The van der Waals surface area contributed by atoms with Crippen LogP contribution >= 0.6 is 0 Å². The average Bonchev–Trinajstić information content (AvgIpc) is 2.89. The van der Waals surface area contributed by atoms with E-state index in [0.717, 1.165) is 6.42 Å². The molecule has 2 atom stereocenters. The van der Waals surface area contributed by atoms with Crippen LogP contribution in [0, 0.1) is 5.92 Å². The van der Waals surface area contributed by atoms with Gasteiger partial charge in [-0.2, -0.15) is 0 Å². The summed E-state index contributed by atoms with van der Waals surface area (Å²) in [5, 5.41) is 10.5.